The summed E-state index contributed by atoms with van der Waals surface area (Å²) in [4.78, 5) is 15.7. The molecule has 0 aliphatic carbocycles. The number of aliphatic hydroxyl groups is 1. The number of aromatic hydroxyl groups is 1. The summed E-state index contributed by atoms with van der Waals surface area (Å²) in [5.41, 5.74) is 2.43. The van der Waals surface area contributed by atoms with Crippen LogP contribution in [0.3, 0.4) is 0 Å². The average molecular weight is 455 g/mol. The Hall–Kier alpha value is -2.88. The van der Waals surface area contributed by atoms with E-state index in [0.29, 0.717) is 29.9 Å². The maximum Gasteiger partial charge on any atom is 0.280 e. The third kappa shape index (κ3) is 5.67. The van der Waals surface area contributed by atoms with Crippen molar-refractivity contribution in [2.45, 2.75) is 23.2 Å². The van der Waals surface area contributed by atoms with Crippen LogP contribution in [0.5, 0.6) is 5.75 Å². The molecule has 0 amide bonds. The first-order chi connectivity index (χ1) is 15.6. The van der Waals surface area contributed by atoms with E-state index in [1.807, 2.05) is 23.9 Å². The number of carbonyl (C=O) groups excluding carboxylic acids is 1. The Kier molecular flexibility index (Phi) is 7.41. The van der Waals surface area contributed by atoms with E-state index in [2.05, 4.69) is 54.7 Å². The molecule has 2 aliphatic heterocycles. The number of hydrogen-bond donors (Lipinski definition) is 2. The maximum absolute atomic E-state index is 9.67. The summed E-state index contributed by atoms with van der Waals surface area (Å²) in [5, 5.41) is 25.7. The minimum atomic E-state index is 0.0139. The number of rotatable bonds is 7. The molecule has 0 saturated carbocycles. The van der Waals surface area contributed by atoms with Crippen molar-refractivity contribution in [1.29, 1.82) is 0 Å². The Labute approximate surface area is 190 Å². The molecule has 32 heavy (non-hydrogen) atoms. The van der Waals surface area contributed by atoms with Crippen molar-refractivity contribution in [3.63, 3.8) is 0 Å². The molecule has 3 aromatic rings. The van der Waals surface area contributed by atoms with Gasteiger partial charge in [-0.05, 0) is 36.2 Å². The standard InChI is InChI=1S/C20H24N2O2S.C3H2N2O2/c23-14-16-12-21(13-16)11-15-4-6-19(7-5-15)25-20-8-9-22(20)17-2-1-3-18(24)10-17;6-1-3-5-4-2-7-3/h1-7,10,16,20,23-24H,8-9,11-14H2;1-2H. The van der Waals surface area contributed by atoms with Gasteiger partial charge in [0.05, 0.1) is 5.37 Å². The molecule has 2 aliphatic rings. The predicted octanol–water partition coefficient (Wildman–Crippen LogP) is 3.03. The molecule has 1 atom stereocenters. The lowest BCUT2D eigenvalue weighted by Gasteiger charge is -2.42. The zero-order chi connectivity index (χ0) is 22.3. The lowest BCUT2D eigenvalue weighted by Crippen LogP contribution is -2.47. The number of benzene rings is 2. The normalized spacial score (nSPS) is 18.3. The van der Waals surface area contributed by atoms with Crippen molar-refractivity contribution in [3.8, 4) is 5.75 Å². The molecule has 2 fully saturated rings. The smallest absolute Gasteiger partial charge is 0.280 e. The fourth-order valence-corrected chi connectivity index (χ4v) is 4.88. The topological polar surface area (TPSA) is 103 Å². The molecule has 2 saturated heterocycles. The van der Waals surface area contributed by atoms with Crippen molar-refractivity contribution in [1.82, 2.24) is 15.1 Å². The minimum absolute atomic E-state index is 0.0139. The highest BCUT2D eigenvalue weighted by Gasteiger charge is 2.29. The van der Waals surface area contributed by atoms with Crippen molar-refractivity contribution >= 4 is 23.7 Å². The number of aliphatic hydroxyl groups excluding tert-OH is 1. The molecule has 0 bridgehead atoms. The third-order valence-electron chi connectivity index (χ3n) is 5.50. The zero-order valence-corrected chi connectivity index (χ0v) is 18.4. The number of thioether (sulfide) groups is 1. The number of hydrogen-bond acceptors (Lipinski definition) is 9. The van der Waals surface area contributed by atoms with Crippen LogP contribution in [0.15, 0.2) is 64.2 Å². The van der Waals surface area contributed by atoms with Crippen LogP contribution in [-0.4, -0.2) is 63.2 Å². The highest BCUT2D eigenvalue weighted by Crippen LogP contribution is 2.38. The molecule has 5 rings (SSSR count). The van der Waals surface area contributed by atoms with E-state index in [1.54, 1.807) is 6.07 Å². The van der Waals surface area contributed by atoms with Gasteiger partial charge in [0.25, 0.3) is 5.89 Å². The molecule has 0 spiro atoms. The van der Waals surface area contributed by atoms with Gasteiger partial charge in [-0.2, -0.15) is 0 Å². The highest BCUT2D eigenvalue weighted by atomic mass is 32.2. The van der Waals surface area contributed by atoms with Crippen LogP contribution in [0.2, 0.25) is 0 Å². The number of phenolic OH excluding ortho intramolecular Hbond substituents is 1. The van der Waals surface area contributed by atoms with Crippen molar-refractivity contribution < 1.29 is 19.4 Å². The monoisotopic (exact) mass is 454 g/mol. The van der Waals surface area contributed by atoms with E-state index in [1.165, 1.54) is 16.9 Å². The lowest BCUT2D eigenvalue weighted by atomic mass is 10.0. The van der Waals surface area contributed by atoms with Gasteiger partial charge in [-0.3, -0.25) is 9.69 Å². The van der Waals surface area contributed by atoms with Crippen LogP contribution in [0.25, 0.3) is 0 Å². The number of phenols is 1. The van der Waals surface area contributed by atoms with E-state index in [0.717, 1.165) is 38.3 Å². The van der Waals surface area contributed by atoms with Gasteiger partial charge in [-0.15, -0.1) is 22.0 Å². The Morgan fingerprint density at radius 1 is 1.19 bits per heavy atom. The molecule has 3 heterocycles. The molecule has 2 N–H and O–H groups in total. The first kappa shape index (κ1) is 22.3. The quantitative estimate of drug-likeness (QED) is 0.521. The summed E-state index contributed by atoms with van der Waals surface area (Å²) in [7, 11) is 0. The summed E-state index contributed by atoms with van der Waals surface area (Å²) in [5.74, 6) is 0.809. The van der Waals surface area contributed by atoms with Crippen LogP contribution < -0.4 is 4.90 Å². The number of anilines is 1. The summed E-state index contributed by atoms with van der Waals surface area (Å²) in [6, 6.07) is 16.4. The van der Waals surface area contributed by atoms with Gasteiger partial charge in [0.1, 0.15) is 5.75 Å². The molecular formula is C23H26N4O4S. The van der Waals surface area contributed by atoms with Crippen LogP contribution >= 0.6 is 11.8 Å². The molecule has 168 valence electrons. The van der Waals surface area contributed by atoms with Gasteiger partial charge < -0.3 is 19.5 Å². The van der Waals surface area contributed by atoms with E-state index in [4.69, 9.17) is 5.11 Å². The predicted molar refractivity (Wildman–Crippen MR) is 122 cm³/mol. The number of likely N-dealkylation sites (tertiary alicyclic amines) is 1. The number of carbonyl (C=O) groups is 1. The van der Waals surface area contributed by atoms with E-state index in [-0.39, 0.29) is 5.89 Å². The Bertz CT molecular complexity index is 993. The largest absolute Gasteiger partial charge is 0.508 e. The van der Waals surface area contributed by atoms with Crippen molar-refractivity contribution in [3.05, 3.63) is 66.4 Å². The summed E-state index contributed by atoms with van der Waals surface area (Å²) < 4.78 is 4.39. The van der Waals surface area contributed by atoms with E-state index in [9.17, 15) is 9.90 Å². The van der Waals surface area contributed by atoms with Gasteiger partial charge in [0, 0.05) is 55.4 Å². The van der Waals surface area contributed by atoms with Gasteiger partial charge in [0.15, 0.2) is 0 Å². The summed E-state index contributed by atoms with van der Waals surface area (Å²) in [6.07, 6.45) is 2.76. The van der Waals surface area contributed by atoms with E-state index < -0.39 is 0 Å². The second-order valence-corrected chi connectivity index (χ2v) is 9.11. The summed E-state index contributed by atoms with van der Waals surface area (Å²) in [6.45, 7) is 4.34. The van der Waals surface area contributed by atoms with Crippen molar-refractivity contribution in [2.75, 3.05) is 31.1 Å². The van der Waals surface area contributed by atoms with Crippen LogP contribution in [0.1, 0.15) is 22.7 Å². The average Bonchev–Trinajstić information content (AvgIpc) is 3.29. The van der Waals surface area contributed by atoms with Crippen molar-refractivity contribution in [2.24, 2.45) is 5.92 Å². The molecule has 9 heteroatoms. The molecular weight excluding hydrogens is 428 g/mol. The molecule has 0 radical (unpaired) electrons. The molecule has 2 aromatic carbocycles. The van der Waals surface area contributed by atoms with E-state index >= 15 is 0 Å². The molecule has 1 aromatic heterocycles. The van der Waals surface area contributed by atoms with Crippen LogP contribution in [0.4, 0.5) is 5.69 Å². The van der Waals surface area contributed by atoms with Gasteiger partial charge in [0.2, 0.25) is 12.7 Å². The SMILES string of the molecule is O=Cc1nnco1.OCC1CN(Cc2ccc(SC3CCN3c3cccc(O)c3)cc2)C1. The Balaban J connectivity index is 0.000000300. The first-order valence-electron chi connectivity index (χ1n) is 10.5. The number of aldehydes is 1. The number of aromatic nitrogens is 2. The van der Waals surface area contributed by atoms with Crippen LogP contribution in [0, 0.1) is 5.92 Å². The molecule has 1 unspecified atom stereocenters. The second kappa shape index (κ2) is 10.6. The van der Waals surface area contributed by atoms with Crippen LogP contribution in [-0.2, 0) is 6.54 Å². The highest BCUT2D eigenvalue weighted by molar-refractivity contribution is 8.00. The fraction of sp³-hybridized carbons (Fsp3) is 0.348. The number of nitrogens with zero attached hydrogens (tertiary/aromatic N) is 4. The third-order valence-corrected chi connectivity index (χ3v) is 6.80. The maximum atomic E-state index is 9.67. The second-order valence-electron chi connectivity index (χ2n) is 7.86. The van der Waals surface area contributed by atoms with Gasteiger partial charge in [-0.1, -0.05) is 18.2 Å². The lowest BCUT2D eigenvalue weighted by molar-refractivity contribution is 0.0479. The minimum Gasteiger partial charge on any atom is -0.508 e. The summed E-state index contributed by atoms with van der Waals surface area (Å²) >= 11 is 1.89. The Morgan fingerprint density at radius 2 is 2.00 bits per heavy atom. The fourth-order valence-electron chi connectivity index (χ4n) is 3.70. The molecule has 8 nitrogen and oxygen atoms in total. The van der Waals surface area contributed by atoms with Gasteiger partial charge >= 0.3 is 0 Å². The Morgan fingerprint density at radius 3 is 2.56 bits per heavy atom. The zero-order valence-electron chi connectivity index (χ0n) is 17.6. The first-order valence-corrected chi connectivity index (χ1v) is 11.4. The van der Waals surface area contributed by atoms with Gasteiger partial charge in [-0.25, -0.2) is 0 Å².